The summed E-state index contributed by atoms with van der Waals surface area (Å²) in [6, 6.07) is 0.709. The topological polar surface area (TPSA) is 46.3 Å². The van der Waals surface area contributed by atoms with Gasteiger partial charge in [0.25, 0.3) is 0 Å². The van der Waals surface area contributed by atoms with Crippen LogP contribution in [-0.2, 0) is 4.79 Å². The summed E-state index contributed by atoms with van der Waals surface area (Å²) in [6.07, 6.45) is 2.27. The highest BCUT2D eigenvalue weighted by Gasteiger charge is 2.51. The van der Waals surface area contributed by atoms with E-state index in [1.165, 1.54) is 6.42 Å². The van der Waals surface area contributed by atoms with E-state index in [2.05, 4.69) is 4.90 Å². The van der Waals surface area contributed by atoms with Crippen LogP contribution >= 0.6 is 0 Å². The number of hydrogen-bond donors (Lipinski definition) is 1. The lowest BCUT2D eigenvalue weighted by atomic mass is 10.1. The van der Waals surface area contributed by atoms with Crippen LogP contribution in [0.4, 0.5) is 0 Å². The first-order valence-corrected chi connectivity index (χ1v) is 4.71. The average Bonchev–Trinajstić information content (AvgIpc) is 2.76. The van der Waals surface area contributed by atoms with E-state index in [0.29, 0.717) is 6.04 Å². The molecular weight excluding hydrogens is 152 g/mol. The van der Waals surface area contributed by atoms with Crippen molar-refractivity contribution in [1.82, 2.24) is 4.90 Å². The number of amides is 1. The minimum Gasteiger partial charge on any atom is -0.368 e. The van der Waals surface area contributed by atoms with E-state index in [-0.39, 0.29) is 11.9 Å². The van der Waals surface area contributed by atoms with Gasteiger partial charge < -0.3 is 5.73 Å². The molecule has 0 aromatic heterocycles. The highest BCUT2D eigenvalue weighted by Crippen LogP contribution is 2.46. The van der Waals surface area contributed by atoms with Crippen molar-refractivity contribution >= 4 is 5.91 Å². The van der Waals surface area contributed by atoms with Gasteiger partial charge in [-0.25, -0.2) is 0 Å². The summed E-state index contributed by atoms with van der Waals surface area (Å²) < 4.78 is 0. The Bertz CT molecular complexity index is 181. The SMILES string of the molecule is CC.CN1C(C(N)=O)CC2CC21. The van der Waals surface area contributed by atoms with Crippen molar-refractivity contribution < 1.29 is 4.79 Å². The number of rotatable bonds is 1. The number of primary amides is 1. The number of likely N-dealkylation sites (N-methyl/N-ethyl adjacent to an activating group) is 1. The van der Waals surface area contributed by atoms with Gasteiger partial charge in [-0.3, -0.25) is 9.69 Å². The molecule has 1 aliphatic heterocycles. The van der Waals surface area contributed by atoms with E-state index in [1.54, 1.807) is 0 Å². The number of fused-ring (bicyclic) bond motifs is 1. The van der Waals surface area contributed by atoms with E-state index in [1.807, 2.05) is 20.9 Å². The maximum absolute atomic E-state index is 10.8. The molecule has 2 fully saturated rings. The van der Waals surface area contributed by atoms with Crippen LogP contribution in [0.15, 0.2) is 0 Å². The Morgan fingerprint density at radius 2 is 2.00 bits per heavy atom. The second kappa shape index (κ2) is 3.44. The van der Waals surface area contributed by atoms with Gasteiger partial charge in [0.2, 0.25) is 5.91 Å². The molecule has 2 rings (SSSR count). The van der Waals surface area contributed by atoms with E-state index >= 15 is 0 Å². The predicted octanol–water partition coefficient (Wildman–Crippen LogP) is 0.590. The van der Waals surface area contributed by atoms with E-state index < -0.39 is 0 Å². The van der Waals surface area contributed by atoms with Crippen LogP contribution < -0.4 is 5.73 Å². The summed E-state index contributed by atoms with van der Waals surface area (Å²) in [6.45, 7) is 4.00. The van der Waals surface area contributed by atoms with Crippen molar-refractivity contribution in [1.29, 1.82) is 0 Å². The minimum absolute atomic E-state index is 0.0312. The van der Waals surface area contributed by atoms with Crippen molar-refractivity contribution in [2.75, 3.05) is 7.05 Å². The van der Waals surface area contributed by atoms with Crippen molar-refractivity contribution in [3.8, 4) is 0 Å². The predicted molar refractivity (Wildman–Crippen MR) is 48.6 cm³/mol. The van der Waals surface area contributed by atoms with Gasteiger partial charge in [-0.05, 0) is 25.8 Å². The van der Waals surface area contributed by atoms with Gasteiger partial charge in [0, 0.05) is 6.04 Å². The molecule has 0 aromatic rings. The molecule has 0 spiro atoms. The van der Waals surface area contributed by atoms with E-state index in [9.17, 15) is 4.79 Å². The molecule has 3 unspecified atom stereocenters. The van der Waals surface area contributed by atoms with Crippen LogP contribution in [0, 0.1) is 5.92 Å². The molecule has 2 N–H and O–H groups in total. The lowest BCUT2D eigenvalue weighted by Crippen LogP contribution is -2.40. The van der Waals surface area contributed by atoms with Crippen molar-refractivity contribution in [3.05, 3.63) is 0 Å². The molecule has 0 bridgehead atoms. The first kappa shape index (κ1) is 9.52. The number of likely N-dealkylation sites (tertiary alicyclic amines) is 1. The second-order valence-corrected chi connectivity index (χ2v) is 3.38. The molecule has 1 amide bonds. The molecule has 3 atom stereocenters. The molecule has 1 saturated heterocycles. The standard InChI is InChI=1S/C7H12N2O.C2H6/c1-9-5-2-4(5)3-6(9)7(8)10;1-2/h4-6H,2-3H2,1H3,(H2,8,10);1-2H3. The molecule has 1 aliphatic carbocycles. The van der Waals surface area contributed by atoms with Gasteiger partial charge in [0.05, 0.1) is 6.04 Å². The molecular formula is C9H18N2O. The summed E-state index contributed by atoms with van der Waals surface area (Å²) in [5.41, 5.74) is 5.19. The first-order valence-electron chi connectivity index (χ1n) is 4.71. The summed E-state index contributed by atoms with van der Waals surface area (Å²) in [5.74, 6) is 0.622. The smallest absolute Gasteiger partial charge is 0.234 e. The molecule has 0 radical (unpaired) electrons. The first-order chi connectivity index (χ1) is 5.70. The maximum atomic E-state index is 10.8. The number of carbonyl (C=O) groups is 1. The zero-order valence-corrected chi connectivity index (χ0v) is 8.08. The van der Waals surface area contributed by atoms with Gasteiger partial charge in [-0.1, -0.05) is 13.8 Å². The molecule has 2 aliphatic rings. The third kappa shape index (κ3) is 1.46. The summed E-state index contributed by atoms with van der Waals surface area (Å²) in [4.78, 5) is 12.9. The monoisotopic (exact) mass is 170 g/mol. The van der Waals surface area contributed by atoms with Crippen LogP contribution in [0.25, 0.3) is 0 Å². The number of piperidine rings is 1. The molecule has 1 heterocycles. The zero-order valence-electron chi connectivity index (χ0n) is 8.08. The quantitative estimate of drug-likeness (QED) is 0.626. The molecule has 12 heavy (non-hydrogen) atoms. The van der Waals surface area contributed by atoms with Crippen molar-refractivity contribution in [2.24, 2.45) is 11.7 Å². The third-order valence-electron chi connectivity index (χ3n) is 2.75. The molecule has 3 nitrogen and oxygen atoms in total. The van der Waals surface area contributed by atoms with Crippen LogP contribution in [0.5, 0.6) is 0 Å². The fourth-order valence-corrected chi connectivity index (χ4v) is 1.98. The van der Waals surface area contributed by atoms with Gasteiger partial charge in [-0.2, -0.15) is 0 Å². The van der Waals surface area contributed by atoms with Crippen LogP contribution in [0.3, 0.4) is 0 Å². The minimum atomic E-state index is -0.158. The van der Waals surface area contributed by atoms with Crippen LogP contribution in [0.1, 0.15) is 26.7 Å². The Balaban J connectivity index is 0.000000336. The normalized spacial score (nSPS) is 38.1. The van der Waals surface area contributed by atoms with E-state index in [4.69, 9.17) is 5.73 Å². The van der Waals surface area contributed by atoms with Crippen LogP contribution in [-0.4, -0.2) is 29.9 Å². The summed E-state index contributed by atoms with van der Waals surface area (Å²) in [7, 11) is 1.99. The fraction of sp³-hybridized carbons (Fsp3) is 0.889. The second-order valence-electron chi connectivity index (χ2n) is 3.38. The summed E-state index contributed by atoms with van der Waals surface area (Å²) in [5, 5.41) is 0. The van der Waals surface area contributed by atoms with E-state index in [0.717, 1.165) is 12.3 Å². The van der Waals surface area contributed by atoms with Gasteiger partial charge in [-0.15, -0.1) is 0 Å². The lowest BCUT2D eigenvalue weighted by Gasteiger charge is -2.18. The Morgan fingerprint density at radius 3 is 2.25 bits per heavy atom. The van der Waals surface area contributed by atoms with Gasteiger partial charge >= 0.3 is 0 Å². The van der Waals surface area contributed by atoms with Crippen molar-refractivity contribution in [3.63, 3.8) is 0 Å². The largest absolute Gasteiger partial charge is 0.368 e. The highest BCUT2D eigenvalue weighted by atomic mass is 16.1. The van der Waals surface area contributed by atoms with Gasteiger partial charge in [0.15, 0.2) is 0 Å². The third-order valence-corrected chi connectivity index (χ3v) is 2.75. The maximum Gasteiger partial charge on any atom is 0.234 e. The zero-order chi connectivity index (χ0) is 9.30. The highest BCUT2D eigenvalue weighted by molar-refractivity contribution is 5.80. The molecule has 70 valence electrons. The number of nitrogens with zero attached hydrogens (tertiary/aromatic N) is 1. The average molecular weight is 170 g/mol. The Kier molecular flexibility index (Phi) is 2.73. The summed E-state index contributed by atoms with van der Waals surface area (Å²) >= 11 is 0. The Morgan fingerprint density at radius 1 is 1.42 bits per heavy atom. The number of carbonyl (C=O) groups excluding carboxylic acids is 1. The Hall–Kier alpha value is -0.570. The Labute approximate surface area is 73.9 Å². The van der Waals surface area contributed by atoms with Crippen molar-refractivity contribution in [2.45, 2.75) is 38.8 Å². The molecule has 1 saturated carbocycles. The van der Waals surface area contributed by atoms with Crippen LogP contribution in [0.2, 0.25) is 0 Å². The van der Waals surface area contributed by atoms with Gasteiger partial charge in [0.1, 0.15) is 0 Å². The lowest BCUT2D eigenvalue weighted by molar-refractivity contribution is -0.122. The molecule has 0 aromatic carbocycles. The fourth-order valence-electron chi connectivity index (χ4n) is 1.98. The number of hydrogen-bond acceptors (Lipinski definition) is 2. The number of nitrogens with two attached hydrogens (primary N) is 1. The molecule has 3 heteroatoms.